The van der Waals surface area contributed by atoms with Gasteiger partial charge in [-0.05, 0) is 64.8 Å². The minimum absolute atomic E-state index is 0.00108. The highest BCUT2D eigenvalue weighted by atomic mass is 16.7. The standard InChI is InChI=1S/C20H34BNO5/c1-19(2)20(3,4)27-21(26-19)16-7-5-15(6-8-16)9-12-22-18(23)25-17-10-13-24-14-11-17/h7,15,17H,5-6,8-14H2,1-4H3,(H,22,23). The first-order valence-electron chi connectivity index (χ1n) is 10.3. The summed E-state index contributed by atoms with van der Waals surface area (Å²) in [6.07, 6.45) is 7.64. The third-order valence-corrected chi connectivity index (χ3v) is 6.37. The molecule has 1 N–H and O–H groups in total. The normalized spacial score (nSPS) is 27.9. The summed E-state index contributed by atoms with van der Waals surface area (Å²) < 4.78 is 23.0. The van der Waals surface area contributed by atoms with Crippen LogP contribution in [0.5, 0.6) is 0 Å². The lowest BCUT2D eigenvalue weighted by atomic mass is 9.70. The smallest absolute Gasteiger partial charge is 0.446 e. The number of nitrogens with one attached hydrogen (secondary N) is 1. The van der Waals surface area contributed by atoms with Crippen molar-refractivity contribution in [3.8, 4) is 0 Å². The van der Waals surface area contributed by atoms with Crippen molar-refractivity contribution in [3.63, 3.8) is 0 Å². The number of alkyl carbamates (subject to hydrolysis) is 1. The molecule has 152 valence electrons. The van der Waals surface area contributed by atoms with Gasteiger partial charge >= 0.3 is 13.2 Å². The second-order valence-electron chi connectivity index (χ2n) is 8.94. The molecule has 1 aliphatic carbocycles. The lowest BCUT2D eigenvalue weighted by Crippen LogP contribution is -2.41. The molecule has 27 heavy (non-hydrogen) atoms. The Morgan fingerprint density at radius 1 is 1.19 bits per heavy atom. The minimum Gasteiger partial charge on any atom is -0.446 e. The first kappa shape index (κ1) is 20.7. The van der Waals surface area contributed by atoms with Crippen molar-refractivity contribution in [2.24, 2.45) is 5.92 Å². The summed E-state index contributed by atoms with van der Waals surface area (Å²) in [6.45, 7) is 10.4. The number of carbonyl (C=O) groups is 1. The molecule has 1 amide bonds. The minimum atomic E-state index is -0.300. The molecule has 1 atom stereocenters. The van der Waals surface area contributed by atoms with Crippen LogP contribution in [0.1, 0.15) is 66.2 Å². The van der Waals surface area contributed by atoms with Gasteiger partial charge in [0, 0.05) is 19.4 Å². The summed E-state index contributed by atoms with van der Waals surface area (Å²) in [7, 11) is -0.219. The molecule has 0 saturated carbocycles. The summed E-state index contributed by atoms with van der Waals surface area (Å²) in [6, 6.07) is 0. The molecule has 2 aliphatic heterocycles. The summed E-state index contributed by atoms with van der Waals surface area (Å²) in [5, 5.41) is 2.89. The molecule has 6 nitrogen and oxygen atoms in total. The Labute approximate surface area is 163 Å². The van der Waals surface area contributed by atoms with Crippen molar-refractivity contribution in [2.45, 2.75) is 83.5 Å². The van der Waals surface area contributed by atoms with Crippen molar-refractivity contribution >= 4 is 13.2 Å². The molecular weight excluding hydrogens is 345 g/mol. The molecule has 0 aromatic heterocycles. The average molecular weight is 379 g/mol. The Bertz CT molecular complexity index is 541. The van der Waals surface area contributed by atoms with Gasteiger partial charge < -0.3 is 24.1 Å². The monoisotopic (exact) mass is 379 g/mol. The van der Waals surface area contributed by atoms with Crippen LogP contribution in [0.3, 0.4) is 0 Å². The molecule has 2 fully saturated rings. The summed E-state index contributed by atoms with van der Waals surface area (Å²) in [4.78, 5) is 11.9. The van der Waals surface area contributed by atoms with Crippen LogP contribution in [0, 0.1) is 5.92 Å². The van der Waals surface area contributed by atoms with E-state index in [1.807, 2.05) is 0 Å². The van der Waals surface area contributed by atoms with Crippen LogP contribution in [0.2, 0.25) is 0 Å². The van der Waals surface area contributed by atoms with Crippen LogP contribution >= 0.6 is 0 Å². The molecule has 0 radical (unpaired) electrons. The second kappa shape index (κ2) is 8.54. The van der Waals surface area contributed by atoms with Gasteiger partial charge in [-0.15, -0.1) is 0 Å². The fourth-order valence-electron chi connectivity index (χ4n) is 3.74. The number of amides is 1. The molecule has 1 unspecified atom stereocenters. The van der Waals surface area contributed by atoms with Crippen molar-refractivity contribution in [2.75, 3.05) is 19.8 Å². The molecule has 0 spiro atoms. The van der Waals surface area contributed by atoms with Crippen molar-refractivity contribution in [1.29, 1.82) is 0 Å². The molecular formula is C20H34BNO5. The molecule has 2 heterocycles. The van der Waals surface area contributed by atoms with Crippen LogP contribution in [-0.4, -0.2) is 50.3 Å². The summed E-state index contributed by atoms with van der Waals surface area (Å²) in [5.41, 5.74) is 0.686. The number of ether oxygens (including phenoxy) is 2. The maximum Gasteiger partial charge on any atom is 0.490 e. The number of hydrogen-bond donors (Lipinski definition) is 1. The van der Waals surface area contributed by atoms with Crippen LogP contribution < -0.4 is 5.32 Å². The SMILES string of the molecule is CC1(C)OB(C2=CCC(CCNC(=O)OC3CCOCC3)CC2)OC1(C)C. The van der Waals surface area contributed by atoms with Crippen LogP contribution in [0.4, 0.5) is 4.79 Å². The van der Waals surface area contributed by atoms with E-state index in [4.69, 9.17) is 18.8 Å². The van der Waals surface area contributed by atoms with Gasteiger partial charge in [0.05, 0.1) is 24.4 Å². The van der Waals surface area contributed by atoms with Gasteiger partial charge in [-0.2, -0.15) is 0 Å². The first-order chi connectivity index (χ1) is 12.8. The van der Waals surface area contributed by atoms with E-state index in [-0.39, 0.29) is 30.5 Å². The Hall–Kier alpha value is -1.05. The van der Waals surface area contributed by atoms with E-state index in [2.05, 4.69) is 39.1 Å². The van der Waals surface area contributed by atoms with Crippen LogP contribution in [0.15, 0.2) is 11.5 Å². The largest absolute Gasteiger partial charge is 0.490 e. The van der Waals surface area contributed by atoms with E-state index in [0.717, 1.165) is 38.5 Å². The molecule has 0 aromatic rings. The molecule has 0 aromatic carbocycles. The van der Waals surface area contributed by atoms with E-state index in [0.29, 0.717) is 25.7 Å². The van der Waals surface area contributed by atoms with Crippen molar-refractivity contribution in [1.82, 2.24) is 5.32 Å². The molecule has 2 saturated heterocycles. The Kier molecular flexibility index (Phi) is 6.54. The molecule has 3 rings (SSSR count). The lowest BCUT2D eigenvalue weighted by molar-refractivity contribution is 0.00159. The Balaban J connectivity index is 1.36. The summed E-state index contributed by atoms with van der Waals surface area (Å²) in [5.74, 6) is 0.583. The Morgan fingerprint density at radius 2 is 1.85 bits per heavy atom. The third kappa shape index (κ3) is 5.27. The van der Waals surface area contributed by atoms with Gasteiger partial charge in [0.2, 0.25) is 0 Å². The van der Waals surface area contributed by atoms with Gasteiger partial charge in [-0.3, -0.25) is 0 Å². The maximum absolute atomic E-state index is 11.9. The van der Waals surface area contributed by atoms with Crippen LogP contribution in [0.25, 0.3) is 0 Å². The zero-order chi connectivity index (χ0) is 19.5. The highest BCUT2D eigenvalue weighted by Gasteiger charge is 2.52. The number of carbonyl (C=O) groups excluding carboxylic acids is 1. The zero-order valence-electron chi connectivity index (χ0n) is 17.2. The lowest BCUT2D eigenvalue weighted by Gasteiger charge is -2.32. The van der Waals surface area contributed by atoms with Gasteiger partial charge in [0.25, 0.3) is 0 Å². The van der Waals surface area contributed by atoms with E-state index in [1.165, 1.54) is 5.47 Å². The van der Waals surface area contributed by atoms with Gasteiger partial charge in [-0.1, -0.05) is 6.08 Å². The van der Waals surface area contributed by atoms with E-state index in [1.54, 1.807) is 0 Å². The van der Waals surface area contributed by atoms with Gasteiger partial charge in [0.1, 0.15) is 6.10 Å². The van der Waals surface area contributed by atoms with Gasteiger partial charge in [0.15, 0.2) is 0 Å². The second-order valence-corrected chi connectivity index (χ2v) is 8.94. The topological polar surface area (TPSA) is 66.0 Å². The van der Waals surface area contributed by atoms with Crippen molar-refractivity contribution in [3.05, 3.63) is 11.5 Å². The fraction of sp³-hybridized carbons (Fsp3) is 0.850. The number of allylic oxidation sites excluding steroid dienone is 2. The highest BCUT2D eigenvalue weighted by molar-refractivity contribution is 6.54. The zero-order valence-corrected chi connectivity index (χ0v) is 17.2. The van der Waals surface area contributed by atoms with E-state index < -0.39 is 0 Å². The number of rotatable bonds is 5. The maximum atomic E-state index is 11.9. The third-order valence-electron chi connectivity index (χ3n) is 6.37. The van der Waals surface area contributed by atoms with Crippen LogP contribution in [-0.2, 0) is 18.8 Å². The van der Waals surface area contributed by atoms with Gasteiger partial charge in [-0.25, -0.2) is 4.79 Å². The molecule has 7 heteroatoms. The molecule has 0 bridgehead atoms. The number of hydrogen-bond acceptors (Lipinski definition) is 5. The predicted octanol–water partition coefficient (Wildman–Crippen LogP) is 3.64. The predicted molar refractivity (Wildman–Crippen MR) is 104 cm³/mol. The summed E-state index contributed by atoms with van der Waals surface area (Å²) >= 11 is 0. The van der Waals surface area contributed by atoms with Crippen molar-refractivity contribution < 1.29 is 23.6 Å². The average Bonchev–Trinajstić information content (AvgIpc) is 2.84. The van der Waals surface area contributed by atoms with E-state index >= 15 is 0 Å². The van der Waals surface area contributed by atoms with E-state index in [9.17, 15) is 4.79 Å². The molecule has 3 aliphatic rings. The fourth-order valence-corrected chi connectivity index (χ4v) is 3.74. The first-order valence-corrected chi connectivity index (χ1v) is 10.3. The highest BCUT2D eigenvalue weighted by Crippen LogP contribution is 2.40. The quantitative estimate of drug-likeness (QED) is 0.739. The Morgan fingerprint density at radius 3 is 2.44 bits per heavy atom.